The number of aryl methyl sites for hydroxylation is 1. The molecule has 23 heavy (non-hydrogen) atoms. The molecule has 2 aromatic carbocycles. The summed E-state index contributed by atoms with van der Waals surface area (Å²) in [5.74, 6) is 0. The minimum absolute atomic E-state index is 0.264. The highest BCUT2D eigenvalue weighted by molar-refractivity contribution is 5.89. The molecule has 1 aromatic heterocycles. The zero-order chi connectivity index (χ0) is 16.1. The molecule has 7 heteroatoms. The Morgan fingerprint density at radius 2 is 2.00 bits per heavy atom. The van der Waals surface area contributed by atoms with Crippen LogP contribution in [0.1, 0.15) is 11.1 Å². The molecule has 116 valence electrons. The lowest BCUT2D eigenvalue weighted by Gasteiger charge is -2.10. The standard InChI is InChI=1S/C16H16N6O/c1-12-7-8-14(9-15(12)22-11-18-20-21-22)19-16(23)17-10-13-5-3-2-4-6-13/h2-9,11H,10H2,1H3,(H2,17,19,23). The van der Waals surface area contributed by atoms with Gasteiger partial charge in [-0.25, -0.2) is 9.48 Å². The number of hydrogen-bond acceptors (Lipinski definition) is 4. The topological polar surface area (TPSA) is 84.7 Å². The van der Waals surface area contributed by atoms with Crippen molar-refractivity contribution in [1.82, 2.24) is 25.5 Å². The second-order valence-corrected chi connectivity index (χ2v) is 5.05. The van der Waals surface area contributed by atoms with Crippen LogP contribution in [0, 0.1) is 6.92 Å². The zero-order valence-electron chi connectivity index (χ0n) is 12.6. The number of benzene rings is 2. The molecule has 2 N–H and O–H groups in total. The van der Waals surface area contributed by atoms with E-state index in [1.807, 2.05) is 55.5 Å². The number of anilines is 1. The first kappa shape index (κ1) is 14.7. The fraction of sp³-hybridized carbons (Fsp3) is 0.125. The van der Waals surface area contributed by atoms with Gasteiger partial charge in [-0.05, 0) is 40.6 Å². The number of carbonyl (C=O) groups excluding carboxylic acids is 1. The van der Waals surface area contributed by atoms with Gasteiger partial charge in [-0.3, -0.25) is 0 Å². The number of amides is 2. The molecule has 0 radical (unpaired) electrons. The predicted molar refractivity (Wildman–Crippen MR) is 86.2 cm³/mol. The van der Waals surface area contributed by atoms with E-state index in [9.17, 15) is 4.79 Å². The number of hydrogen-bond donors (Lipinski definition) is 2. The molecular weight excluding hydrogens is 292 g/mol. The van der Waals surface area contributed by atoms with E-state index < -0.39 is 0 Å². The van der Waals surface area contributed by atoms with Crippen molar-refractivity contribution in [3.63, 3.8) is 0 Å². The molecular formula is C16H16N6O. The predicted octanol–water partition coefficient (Wildman–Crippen LogP) is 2.29. The number of nitrogens with zero attached hydrogens (tertiary/aromatic N) is 4. The number of nitrogens with one attached hydrogen (secondary N) is 2. The van der Waals surface area contributed by atoms with Gasteiger partial charge in [0.1, 0.15) is 6.33 Å². The van der Waals surface area contributed by atoms with Crippen molar-refractivity contribution in [2.45, 2.75) is 13.5 Å². The number of rotatable bonds is 4. The Bertz CT molecular complexity index is 786. The molecule has 0 unspecified atom stereocenters. The van der Waals surface area contributed by atoms with E-state index in [1.165, 1.54) is 6.33 Å². The van der Waals surface area contributed by atoms with E-state index in [0.29, 0.717) is 12.2 Å². The van der Waals surface area contributed by atoms with Gasteiger partial charge in [-0.15, -0.1) is 5.10 Å². The third kappa shape index (κ3) is 3.70. The molecule has 0 saturated heterocycles. The van der Waals surface area contributed by atoms with Crippen molar-refractivity contribution in [2.24, 2.45) is 0 Å². The molecule has 1 heterocycles. The van der Waals surface area contributed by atoms with E-state index in [0.717, 1.165) is 16.8 Å². The van der Waals surface area contributed by atoms with Crippen LogP contribution in [0.5, 0.6) is 0 Å². The lowest BCUT2D eigenvalue weighted by molar-refractivity contribution is 0.251. The normalized spacial score (nSPS) is 10.3. The Labute approximate surface area is 133 Å². The molecule has 0 aliphatic heterocycles. The number of urea groups is 1. The summed E-state index contributed by atoms with van der Waals surface area (Å²) in [7, 11) is 0. The van der Waals surface area contributed by atoms with Gasteiger partial charge in [0.2, 0.25) is 0 Å². The van der Waals surface area contributed by atoms with Gasteiger partial charge in [0, 0.05) is 12.2 Å². The first-order chi connectivity index (χ1) is 11.2. The van der Waals surface area contributed by atoms with Crippen molar-refractivity contribution in [2.75, 3.05) is 5.32 Å². The molecule has 0 atom stereocenters. The Hall–Kier alpha value is -3.22. The monoisotopic (exact) mass is 308 g/mol. The van der Waals surface area contributed by atoms with Crippen molar-refractivity contribution in [1.29, 1.82) is 0 Å². The highest BCUT2D eigenvalue weighted by Crippen LogP contribution is 2.18. The maximum Gasteiger partial charge on any atom is 0.319 e. The highest BCUT2D eigenvalue weighted by atomic mass is 16.2. The minimum atomic E-state index is -0.264. The van der Waals surface area contributed by atoms with E-state index >= 15 is 0 Å². The van der Waals surface area contributed by atoms with Crippen LogP contribution in [0.15, 0.2) is 54.9 Å². The third-order valence-corrected chi connectivity index (χ3v) is 3.36. The molecule has 0 fully saturated rings. The Kier molecular flexibility index (Phi) is 4.28. The number of carbonyl (C=O) groups is 1. The summed E-state index contributed by atoms with van der Waals surface area (Å²) in [6.45, 7) is 2.43. The van der Waals surface area contributed by atoms with Crippen LogP contribution in [0.2, 0.25) is 0 Å². The van der Waals surface area contributed by atoms with Gasteiger partial charge in [0.25, 0.3) is 0 Å². The summed E-state index contributed by atoms with van der Waals surface area (Å²) in [5, 5.41) is 16.8. The minimum Gasteiger partial charge on any atom is -0.334 e. The smallest absolute Gasteiger partial charge is 0.319 e. The molecule has 0 aliphatic carbocycles. The summed E-state index contributed by atoms with van der Waals surface area (Å²) in [4.78, 5) is 12.0. The molecule has 0 saturated carbocycles. The summed E-state index contributed by atoms with van der Waals surface area (Å²) in [6.07, 6.45) is 1.52. The summed E-state index contributed by atoms with van der Waals surface area (Å²) >= 11 is 0. The van der Waals surface area contributed by atoms with Crippen LogP contribution in [0.4, 0.5) is 10.5 Å². The summed E-state index contributed by atoms with van der Waals surface area (Å²) in [5.41, 5.74) is 3.54. The molecule has 2 amide bonds. The summed E-state index contributed by atoms with van der Waals surface area (Å²) < 4.78 is 1.56. The van der Waals surface area contributed by atoms with Crippen LogP contribution in [0.3, 0.4) is 0 Å². The quantitative estimate of drug-likeness (QED) is 0.774. The van der Waals surface area contributed by atoms with Crippen LogP contribution < -0.4 is 10.6 Å². The summed E-state index contributed by atoms with van der Waals surface area (Å²) in [6, 6.07) is 15.0. The van der Waals surface area contributed by atoms with E-state index in [4.69, 9.17) is 0 Å². The molecule has 0 bridgehead atoms. The molecule has 0 aliphatic rings. The Morgan fingerprint density at radius 3 is 2.74 bits per heavy atom. The maximum absolute atomic E-state index is 12.0. The largest absolute Gasteiger partial charge is 0.334 e. The average Bonchev–Trinajstić information content (AvgIpc) is 3.10. The highest BCUT2D eigenvalue weighted by Gasteiger charge is 2.07. The fourth-order valence-corrected chi connectivity index (χ4v) is 2.16. The lowest BCUT2D eigenvalue weighted by Crippen LogP contribution is -2.28. The van der Waals surface area contributed by atoms with Crippen LogP contribution in [-0.2, 0) is 6.54 Å². The van der Waals surface area contributed by atoms with E-state index in [2.05, 4.69) is 26.2 Å². The molecule has 7 nitrogen and oxygen atoms in total. The van der Waals surface area contributed by atoms with Gasteiger partial charge in [-0.1, -0.05) is 36.4 Å². The van der Waals surface area contributed by atoms with Gasteiger partial charge >= 0.3 is 6.03 Å². The first-order valence-electron chi connectivity index (χ1n) is 7.15. The zero-order valence-corrected chi connectivity index (χ0v) is 12.6. The van der Waals surface area contributed by atoms with Crippen LogP contribution in [0.25, 0.3) is 5.69 Å². The van der Waals surface area contributed by atoms with Crippen molar-refractivity contribution < 1.29 is 4.79 Å². The van der Waals surface area contributed by atoms with E-state index in [-0.39, 0.29) is 6.03 Å². The van der Waals surface area contributed by atoms with Crippen LogP contribution >= 0.6 is 0 Å². The Balaban J connectivity index is 1.66. The SMILES string of the molecule is Cc1ccc(NC(=O)NCc2ccccc2)cc1-n1cnnn1. The lowest BCUT2D eigenvalue weighted by atomic mass is 10.2. The maximum atomic E-state index is 12.0. The number of tetrazole rings is 1. The fourth-order valence-electron chi connectivity index (χ4n) is 2.16. The van der Waals surface area contributed by atoms with Gasteiger partial charge < -0.3 is 10.6 Å². The van der Waals surface area contributed by atoms with Gasteiger partial charge in [-0.2, -0.15) is 0 Å². The van der Waals surface area contributed by atoms with E-state index in [1.54, 1.807) is 4.68 Å². The average molecular weight is 308 g/mol. The van der Waals surface area contributed by atoms with Gasteiger partial charge in [0.15, 0.2) is 0 Å². The number of aromatic nitrogens is 4. The second-order valence-electron chi connectivity index (χ2n) is 5.05. The van der Waals surface area contributed by atoms with Crippen molar-refractivity contribution in [3.05, 3.63) is 66.0 Å². The van der Waals surface area contributed by atoms with Gasteiger partial charge in [0.05, 0.1) is 5.69 Å². The molecule has 3 rings (SSSR count). The molecule has 3 aromatic rings. The van der Waals surface area contributed by atoms with Crippen LogP contribution in [-0.4, -0.2) is 26.2 Å². The van der Waals surface area contributed by atoms with Crippen molar-refractivity contribution in [3.8, 4) is 5.69 Å². The molecule has 0 spiro atoms. The second kappa shape index (κ2) is 6.69. The Morgan fingerprint density at radius 1 is 1.17 bits per heavy atom. The first-order valence-corrected chi connectivity index (χ1v) is 7.15. The van der Waals surface area contributed by atoms with Crippen molar-refractivity contribution >= 4 is 11.7 Å². The third-order valence-electron chi connectivity index (χ3n) is 3.36.